The van der Waals surface area contributed by atoms with Crippen molar-refractivity contribution in [1.82, 2.24) is 0 Å². The molecular formula is C15H11BrCl2. The smallest absolute Gasteiger partial charge is 0.0916 e. The lowest BCUT2D eigenvalue weighted by atomic mass is 10.1. The molecule has 0 spiro atoms. The molecule has 0 amide bonds. The minimum atomic E-state index is -1.01. The Kier molecular flexibility index (Phi) is 4.50. The van der Waals surface area contributed by atoms with Gasteiger partial charge in [-0.15, -0.1) is 0 Å². The van der Waals surface area contributed by atoms with Crippen LogP contribution in [-0.4, -0.2) is 0 Å². The fourth-order valence-corrected chi connectivity index (χ4v) is 2.17. The van der Waals surface area contributed by atoms with Gasteiger partial charge in [-0.3, -0.25) is 0 Å². The van der Waals surface area contributed by atoms with Crippen molar-refractivity contribution in [3.8, 4) is 0 Å². The number of hydrogen-bond donors (Lipinski definition) is 0. The predicted octanol–water partition coefficient (Wildman–Crippen LogP) is 5.79. The van der Waals surface area contributed by atoms with E-state index in [0.717, 1.165) is 15.6 Å². The van der Waals surface area contributed by atoms with Gasteiger partial charge in [-0.1, -0.05) is 87.7 Å². The number of halogens is 3. The highest BCUT2D eigenvalue weighted by atomic mass is 79.9. The van der Waals surface area contributed by atoms with Gasteiger partial charge in [-0.05, 0) is 29.3 Å². The van der Waals surface area contributed by atoms with Crippen molar-refractivity contribution < 1.29 is 0 Å². The summed E-state index contributed by atoms with van der Waals surface area (Å²) in [5.74, 6) is 0. The average molecular weight is 342 g/mol. The van der Waals surface area contributed by atoms with Crippen molar-refractivity contribution in [3.05, 3.63) is 76.3 Å². The van der Waals surface area contributed by atoms with E-state index in [0.29, 0.717) is 0 Å². The third-order valence-corrected chi connectivity index (χ3v) is 3.73. The van der Waals surface area contributed by atoms with Gasteiger partial charge in [-0.2, -0.15) is 0 Å². The highest BCUT2D eigenvalue weighted by molar-refractivity contribution is 9.10. The maximum absolute atomic E-state index is 6.31. The van der Waals surface area contributed by atoms with Crippen LogP contribution in [0.2, 0.25) is 0 Å². The fourth-order valence-electron chi connectivity index (χ4n) is 1.53. The Morgan fingerprint density at radius 2 is 1.50 bits per heavy atom. The van der Waals surface area contributed by atoms with E-state index >= 15 is 0 Å². The second kappa shape index (κ2) is 5.92. The van der Waals surface area contributed by atoms with Crippen LogP contribution in [0.5, 0.6) is 0 Å². The Morgan fingerprint density at radius 3 is 2.11 bits per heavy atom. The van der Waals surface area contributed by atoms with Crippen LogP contribution in [0, 0.1) is 0 Å². The van der Waals surface area contributed by atoms with Gasteiger partial charge in [0.2, 0.25) is 0 Å². The van der Waals surface area contributed by atoms with Crippen LogP contribution < -0.4 is 0 Å². The molecule has 0 heterocycles. The molecule has 0 bridgehead atoms. The third kappa shape index (κ3) is 3.61. The topological polar surface area (TPSA) is 0 Å². The van der Waals surface area contributed by atoms with Gasteiger partial charge in [-0.25, -0.2) is 0 Å². The first kappa shape index (κ1) is 13.7. The van der Waals surface area contributed by atoms with Crippen LogP contribution >= 0.6 is 39.1 Å². The molecule has 0 N–H and O–H groups in total. The monoisotopic (exact) mass is 340 g/mol. The van der Waals surface area contributed by atoms with Gasteiger partial charge in [0.05, 0.1) is 0 Å². The molecule has 0 radical (unpaired) electrons. The second-order valence-electron chi connectivity index (χ2n) is 3.87. The number of alkyl halides is 2. The van der Waals surface area contributed by atoms with Crippen molar-refractivity contribution in [3.63, 3.8) is 0 Å². The zero-order valence-corrected chi connectivity index (χ0v) is 12.6. The lowest BCUT2D eigenvalue weighted by molar-refractivity contribution is 1.11. The Balaban J connectivity index is 2.20. The van der Waals surface area contributed by atoms with Gasteiger partial charge in [0.15, 0.2) is 4.33 Å². The molecule has 2 rings (SSSR count). The molecule has 2 aromatic carbocycles. The van der Waals surface area contributed by atoms with Crippen molar-refractivity contribution in [2.45, 2.75) is 4.33 Å². The number of benzene rings is 2. The summed E-state index contributed by atoms with van der Waals surface area (Å²) in [5.41, 5.74) is 1.92. The summed E-state index contributed by atoms with van der Waals surface area (Å²) in [4.78, 5) is 0. The van der Waals surface area contributed by atoms with Gasteiger partial charge in [0.25, 0.3) is 0 Å². The molecule has 18 heavy (non-hydrogen) atoms. The molecule has 0 saturated heterocycles. The van der Waals surface area contributed by atoms with Crippen LogP contribution in [0.1, 0.15) is 11.1 Å². The van der Waals surface area contributed by atoms with Crippen molar-refractivity contribution in [1.29, 1.82) is 0 Å². The fraction of sp³-hybridized carbons (Fsp3) is 0.0667. The summed E-state index contributed by atoms with van der Waals surface area (Å²) in [5, 5.41) is 0. The molecule has 0 saturated carbocycles. The minimum Gasteiger partial charge on any atom is -0.0916 e. The van der Waals surface area contributed by atoms with Gasteiger partial charge < -0.3 is 0 Å². The molecule has 0 aliphatic heterocycles. The summed E-state index contributed by atoms with van der Waals surface area (Å²) >= 11 is 16.0. The summed E-state index contributed by atoms with van der Waals surface area (Å²) in [7, 11) is 0. The standard InChI is InChI=1S/C15H11BrCl2/c16-14-8-6-12(7-9-14)10-11-15(17,18)13-4-2-1-3-5-13/h1-11H/b11-10+. The number of allylic oxidation sites excluding steroid dienone is 1. The van der Waals surface area contributed by atoms with Gasteiger partial charge in [0.1, 0.15) is 0 Å². The summed E-state index contributed by atoms with van der Waals surface area (Å²) in [6.07, 6.45) is 3.70. The molecule has 0 fully saturated rings. The SMILES string of the molecule is ClC(Cl)(/C=C/c1ccc(Br)cc1)c1ccccc1. The zero-order chi connectivity index (χ0) is 13.0. The van der Waals surface area contributed by atoms with Crippen LogP contribution in [0.25, 0.3) is 6.08 Å². The van der Waals surface area contributed by atoms with Crippen LogP contribution in [0.4, 0.5) is 0 Å². The minimum absolute atomic E-state index is 0.863. The first-order chi connectivity index (χ1) is 8.58. The second-order valence-corrected chi connectivity index (χ2v) is 6.18. The third-order valence-electron chi connectivity index (χ3n) is 2.51. The summed E-state index contributed by atoms with van der Waals surface area (Å²) < 4.78 is 0.0413. The molecule has 0 unspecified atom stereocenters. The first-order valence-corrected chi connectivity index (χ1v) is 7.01. The lowest BCUT2D eigenvalue weighted by Crippen LogP contribution is -2.05. The molecule has 0 nitrogen and oxygen atoms in total. The number of hydrogen-bond acceptors (Lipinski definition) is 0. The Hall–Kier alpha value is -0.760. The van der Waals surface area contributed by atoms with Crippen LogP contribution in [0.15, 0.2) is 65.1 Å². The Labute approximate surface area is 125 Å². The van der Waals surface area contributed by atoms with E-state index in [2.05, 4.69) is 15.9 Å². The van der Waals surface area contributed by atoms with E-state index in [-0.39, 0.29) is 0 Å². The summed E-state index contributed by atoms with van der Waals surface area (Å²) in [6, 6.07) is 17.5. The zero-order valence-electron chi connectivity index (χ0n) is 9.48. The molecule has 0 aliphatic rings. The molecule has 92 valence electrons. The van der Waals surface area contributed by atoms with Crippen LogP contribution in [-0.2, 0) is 4.33 Å². The van der Waals surface area contributed by atoms with E-state index in [1.807, 2.05) is 60.7 Å². The van der Waals surface area contributed by atoms with E-state index in [9.17, 15) is 0 Å². The first-order valence-electron chi connectivity index (χ1n) is 5.46. The van der Waals surface area contributed by atoms with Crippen molar-refractivity contribution >= 4 is 45.2 Å². The van der Waals surface area contributed by atoms with E-state index in [1.54, 1.807) is 6.08 Å². The molecule has 0 atom stereocenters. The maximum Gasteiger partial charge on any atom is 0.161 e. The van der Waals surface area contributed by atoms with Crippen molar-refractivity contribution in [2.24, 2.45) is 0 Å². The molecule has 0 aromatic heterocycles. The van der Waals surface area contributed by atoms with E-state index in [1.165, 1.54) is 0 Å². The highest BCUT2D eigenvalue weighted by Gasteiger charge is 2.22. The predicted molar refractivity (Wildman–Crippen MR) is 83.0 cm³/mol. The van der Waals surface area contributed by atoms with Crippen molar-refractivity contribution in [2.75, 3.05) is 0 Å². The van der Waals surface area contributed by atoms with E-state index in [4.69, 9.17) is 23.2 Å². The average Bonchev–Trinajstić information content (AvgIpc) is 2.39. The van der Waals surface area contributed by atoms with Gasteiger partial charge >= 0.3 is 0 Å². The normalized spacial score (nSPS) is 11.9. The van der Waals surface area contributed by atoms with E-state index < -0.39 is 4.33 Å². The molecular weight excluding hydrogens is 331 g/mol. The quantitative estimate of drug-likeness (QED) is 0.619. The molecule has 2 aromatic rings. The lowest BCUT2D eigenvalue weighted by Gasteiger charge is -2.15. The summed E-state index contributed by atoms with van der Waals surface area (Å²) in [6.45, 7) is 0. The number of rotatable bonds is 3. The maximum atomic E-state index is 6.31. The highest BCUT2D eigenvalue weighted by Crippen LogP contribution is 2.35. The van der Waals surface area contributed by atoms with Crippen LogP contribution in [0.3, 0.4) is 0 Å². The van der Waals surface area contributed by atoms with Gasteiger partial charge in [0, 0.05) is 4.47 Å². The Bertz CT molecular complexity index is 530. The molecule has 3 heteroatoms. The molecule has 0 aliphatic carbocycles. The Morgan fingerprint density at radius 1 is 0.889 bits per heavy atom. The largest absolute Gasteiger partial charge is 0.161 e.